The van der Waals surface area contributed by atoms with E-state index in [2.05, 4.69) is 44.5 Å². The lowest BCUT2D eigenvalue weighted by molar-refractivity contribution is 0.102. The minimum atomic E-state index is -0.214. The van der Waals surface area contributed by atoms with Crippen LogP contribution in [-0.4, -0.2) is 34.1 Å². The zero-order valence-corrected chi connectivity index (χ0v) is 21.0. The van der Waals surface area contributed by atoms with Gasteiger partial charge in [-0.1, -0.05) is 35.5 Å². The first-order chi connectivity index (χ1) is 18.0. The molecule has 0 radical (unpaired) electrons. The van der Waals surface area contributed by atoms with Crippen molar-refractivity contribution in [1.29, 1.82) is 0 Å². The molecule has 2 N–H and O–H groups in total. The van der Waals surface area contributed by atoms with Crippen molar-refractivity contribution < 1.29 is 9.32 Å². The number of anilines is 4. The number of aromatic nitrogens is 3. The number of rotatable bonds is 8. The number of amides is 1. The van der Waals surface area contributed by atoms with Crippen LogP contribution in [0.3, 0.4) is 0 Å². The smallest absolute Gasteiger partial charge is 0.255 e. The Hall–Kier alpha value is -4.72. The molecule has 0 aliphatic carbocycles. The highest BCUT2D eigenvalue weighted by Gasteiger charge is 2.14. The van der Waals surface area contributed by atoms with Gasteiger partial charge in [-0.2, -0.15) is 4.98 Å². The van der Waals surface area contributed by atoms with Gasteiger partial charge in [0.15, 0.2) is 5.76 Å². The van der Waals surface area contributed by atoms with Crippen LogP contribution in [0, 0.1) is 6.92 Å². The van der Waals surface area contributed by atoms with E-state index in [1.807, 2.05) is 73.7 Å². The normalized spacial score (nSPS) is 10.9. The number of hydrogen-bond acceptors (Lipinski definition) is 7. The Morgan fingerprint density at radius 2 is 1.62 bits per heavy atom. The van der Waals surface area contributed by atoms with Crippen LogP contribution in [0.4, 0.5) is 23.1 Å². The molecule has 0 unspecified atom stereocenters. The van der Waals surface area contributed by atoms with Gasteiger partial charge in [0.05, 0.1) is 5.39 Å². The van der Waals surface area contributed by atoms with Crippen molar-refractivity contribution >= 4 is 40.0 Å². The number of nitrogens with one attached hydrogen (secondary N) is 2. The van der Waals surface area contributed by atoms with Crippen LogP contribution in [0.2, 0.25) is 0 Å². The molecular weight excluding hydrogens is 464 g/mol. The van der Waals surface area contributed by atoms with Crippen LogP contribution < -0.4 is 15.5 Å². The van der Waals surface area contributed by atoms with Crippen molar-refractivity contribution in [3.05, 3.63) is 90.1 Å². The van der Waals surface area contributed by atoms with E-state index < -0.39 is 0 Å². The van der Waals surface area contributed by atoms with Gasteiger partial charge in [-0.3, -0.25) is 4.79 Å². The first-order valence-electron chi connectivity index (χ1n) is 12.3. The fourth-order valence-electron chi connectivity index (χ4n) is 4.17. The molecular formula is C29H28N6O2. The average Bonchev–Trinajstić information content (AvgIpc) is 3.34. The van der Waals surface area contributed by atoms with Crippen LogP contribution in [0.15, 0.2) is 83.4 Å². The summed E-state index contributed by atoms with van der Waals surface area (Å²) in [4.78, 5) is 24.3. The maximum Gasteiger partial charge on any atom is 0.255 e. The van der Waals surface area contributed by atoms with Gasteiger partial charge >= 0.3 is 0 Å². The number of carbonyl (C=O) groups excluding carboxylic acids is 1. The average molecular weight is 493 g/mol. The second-order valence-corrected chi connectivity index (χ2v) is 8.63. The Bertz CT molecular complexity index is 1530. The van der Waals surface area contributed by atoms with Gasteiger partial charge in [0.2, 0.25) is 5.95 Å². The maximum absolute atomic E-state index is 13.0. The molecule has 5 rings (SSSR count). The number of carbonyl (C=O) groups is 1. The second-order valence-electron chi connectivity index (χ2n) is 8.63. The third kappa shape index (κ3) is 5.28. The van der Waals surface area contributed by atoms with Crippen molar-refractivity contribution in [2.45, 2.75) is 20.8 Å². The van der Waals surface area contributed by atoms with Gasteiger partial charge in [-0.05, 0) is 63.2 Å². The van der Waals surface area contributed by atoms with E-state index in [4.69, 9.17) is 4.52 Å². The lowest BCUT2D eigenvalue weighted by Crippen LogP contribution is -2.23. The predicted octanol–water partition coefficient (Wildman–Crippen LogP) is 6.44. The molecule has 186 valence electrons. The van der Waals surface area contributed by atoms with Crippen LogP contribution in [0.5, 0.6) is 0 Å². The van der Waals surface area contributed by atoms with Gasteiger partial charge in [0.1, 0.15) is 11.3 Å². The Morgan fingerprint density at radius 1 is 0.892 bits per heavy atom. The van der Waals surface area contributed by atoms with Gasteiger partial charge in [0, 0.05) is 47.4 Å². The number of nitrogens with zero attached hydrogens (tertiary/aromatic N) is 4. The fourth-order valence-corrected chi connectivity index (χ4v) is 4.17. The zero-order valence-electron chi connectivity index (χ0n) is 21.0. The molecule has 1 amide bonds. The molecule has 0 fully saturated rings. The minimum absolute atomic E-state index is 0.214. The summed E-state index contributed by atoms with van der Waals surface area (Å²) >= 11 is 0. The van der Waals surface area contributed by atoms with Gasteiger partial charge in [-0.15, -0.1) is 0 Å². The molecule has 5 aromatic rings. The van der Waals surface area contributed by atoms with Gasteiger partial charge < -0.3 is 20.1 Å². The molecule has 2 aromatic heterocycles. The Kier molecular flexibility index (Phi) is 6.81. The molecule has 0 aliphatic rings. The molecule has 0 saturated carbocycles. The van der Waals surface area contributed by atoms with Crippen molar-refractivity contribution in [2.75, 3.05) is 28.6 Å². The topological polar surface area (TPSA) is 96.2 Å². The van der Waals surface area contributed by atoms with Gasteiger partial charge in [-0.25, -0.2) is 4.98 Å². The molecule has 0 spiro atoms. The summed E-state index contributed by atoms with van der Waals surface area (Å²) in [6, 6.07) is 24.5. The highest BCUT2D eigenvalue weighted by Crippen LogP contribution is 2.29. The number of fused-ring (bicyclic) bond motifs is 1. The number of benzene rings is 3. The first kappa shape index (κ1) is 24.0. The summed E-state index contributed by atoms with van der Waals surface area (Å²) in [5.41, 5.74) is 4.53. The Labute approximate surface area is 215 Å². The quantitative estimate of drug-likeness (QED) is 0.257. The summed E-state index contributed by atoms with van der Waals surface area (Å²) in [6.45, 7) is 7.91. The molecule has 37 heavy (non-hydrogen) atoms. The van der Waals surface area contributed by atoms with Crippen LogP contribution in [-0.2, 0) is 0 Å². The molecule has 8 nitrogen and oxygen atoms in total. The highest BCUT2D eigenvalue weighted by atomic mass is 16.5. The molecule has 0 bridgehead atoms. The monoisotopic (exact) mass is 492 g/mol. The fraction of sp³-hybridized carbons (Fsp3) is 0.172. The summed E-state index contributed by atoms with van der Waals surface area (Å²) in [5, 5.41) is 11.1. The summed E-state index contributed by atoms with van der Waals surface area (Å²) in [6.07, 6.45) is 0. The predicted molar refractivity (Wildman–Crippen MR) is 147 cm³/mol. The highest BCUT2D eigenvalue weighted by molar-refractivity contribution is 6.07. The lowest BCUT2D eigenvalue weighted by Gasteiger charge is -2.20. The molecule has 0 aliphatic heterocycles. The Morgan fingerprint density at radius 3 is 2.35 bits per heavy atom. The van der Waals surface area contributed by atoms with Crippen molar-refractivity contribution in [1.82, 2.24) is 15.1 Å². The standard InChI is InChI=1S/C29H28N6O2/c1-4-35(5-2)26-17-19(3)30-29(33-26)32-23-14-12-22(13-15-23)31-28(36)21-11-16-25-24(18-21)27(37-34-25)20-9-7-6-8-10-20/h6-18H,4-5H2,1-3H3,(H,31,36)(H,30,32,33). The molecule has 0 saturated heterocycles. The molecule has 8 heteroatoms. The largest absolute Gasteiger partial charge is 0.357 e. The van der Waals surface area contributed by atoms with E-state index in [0.29, 0.717) is 28.5 Å². The van der Waals surface area contributed by atoms with E-state index in [-0.39, 0.29) is 5.91 Å². The molecule has 3 aromatic carbocycles. The van der Waals surface area contributed by atoms with E-state index in [1.165, 1.54) is 0 Å². The van der Waals surface area contributed by atoms with Crippen LogP contribution in [0.25, 0.3) is 22.2 Å². The third-order valence-electron chi connectivity index (χ3n) is 6.10. The Balaban J connectivity index is 1.30. The minimum Gasteiger partial charge on any atom is -0.357 e. The SMILES string of the molecule is CCN(CC)c1cc(C)nc(Nc2ccc(NC(=O)c3ccc4noc(-c5ccccc5)c4c3)cc2)n1. The van der Waals surface area contributed by atoms with E-state index >= 15 is 0 Å². The second kappa shape index (κ2) is 10.5. The number of aryl methyl sites for hydroxylation is 1. The van der Waals surface area contributed by atoms with Crippen LogP contribution >= 0.6 is 0 Å². The zero-order chi connectivity index (χ0) is 25.8. The summed E-state index contributed by atoms with van der Waals surface area (Å²) in [7, 11) is 0. The molecule has 0 atom stereocenters. The molecule has 2 heterocycles. The van der Waals surface area contributed by atoms with Gasteiger partial charge in [0.25, 0.3) is 5.91 Å². The van der Waals surface area contributed by atoms with Crippen molar-refractivity contribution in [3.8, 4) is 11.3 Å². The van der Waals surface area contributed by atoms with Crippen molar-refractivity contribution in [3.63, 3.8) is 0 Å². The summed E-state index contributed by atoms with van der Waals surface area (Å²) < 4.78 is 5.56. The van der Waals surface area contributed by atoms with E-state index in [0.717, 1.165) is 41.2 Å². The first-order valence-corrected chi connectivity index (χ1v) is 12.3. The van der Waals surface area contributed by atoms with Crippen molar-refractivity contribution in [2.24, 2.45) is 0 Å². The van der Waals surface area contributed by atoms with Crippen LogP contribution in [0.1, 0.15) is 29.9 Å². The van der Waals surface area contributed by atoms with E-state index in [9.17, 15) is 4.79 Å². The summed E-state index contributed by atoms with van der Waals surface area (Å²) in [5.74, 6) is 1.86. The maximum atomic E-state index is 13.0. The number of hydrogen-bond donors (Lipinski definition) is 2. The third-order valence-corrected chi connectivity index (χ3v) is 6.10. The lowest BCUT2D eigenvalue weighted by atomic mass is 10.1. The van der Waals surface area contributed by atoms with E-state index in [1.54, 1.807) is 12.1 Å².